The number of aromatic nitrogens is 1. The van der Waals surface area contributed by atoms with E-state index in [0.29, 0.717) is 23.5 Å². The van der Waals surface area contributed by atoms with Crippen molar-refractivity contribution in [3.8, 4) is 17.2 Å². The van der Waals surface area contributed by atoms with E-state index in [1.54, 1.807) is 21.3 Å². The third-order valence-electron chi connectivity index (χ3n) is 7.23. The van der Waals surface area contributed by atoms with E-state index in [2.05, 4.69) is 30.5 Å². The molecule has 4 rings (SSSR count). The molecule has 0 amide bonds. The zero-order valence-electron chi connectivity index (χ0n) is 21.5. The van der Waals surface area contributed by atoms with Crippen LogP contribution in [0, 0.1) is 19.8 Å². The maximum atomic E-state index is 6.49. The number of nitrogens with zero attached hydrogens (tertiary/aromatic N) is 1. The van der Waals surface area contributed by atoms with Crippen molar-refractivity contribution < 1.29 is 14.2 Å². The normalized spacial score (nSPS) is 17.9. The highest BCUT2D eigenvalue weighted by atomic mass is 16.5. The van der Waals surface area contributed by atoms with Crippen molar-refractivity contribution in [3.05, 3.63) is 47.0 Å². The monoisotopic (exact) mass is 478 g/mol. The van der Waals surface area contributed by atoms with Crippen LogP contribution in [0.3, 0.4) is 0 Å². The molecule has 0 saturated heterocycles. The Labute approximate surface area is 208 Å². The summed E-state index contributed by atoms with van der Waals surface area (Å²) in [5.41, 5.74) is 11.6. The molecule has 1 fully saturated rings. The van der Waals surface area contributed by atoms with Crippen molar-refractivity contribution >= 4 is 22.4 Å². The average Bonchev–Trinajstić information content (AvgIpc) is 2.87. The molecule has 1 aromatic heterocycles. The number of ether oxygens (including phenoxy) is 3. The third-order valence-corrected chi connectivity index (χ3v) is 7.23. The van der Waals surface area contributed by atoms with Crippen LogP contribution >= 0.6 is 0 Å². The Balaban J connectivity index is 1.31. The van der Waals surface area contributed by atoms with Crippen LogP contribution in [0.1, 0.15) is 42.4 Å². The maximum Gasteiger partial charge on any atom is 0.164 e. The number of methoxy groups -OCH3 is 3. The first-order chi connectivity index (χ1) is 16.9. The van der Waals surface area contributed by atoms with Crippen LogP contribution in [0.2, 0.25) is 0 Å². The molecule has 1 heterocycles. The highest BCUT2D eigenvalue weighted by Crippen LogP contribution is 2.35. The summed E-state index contributed by atoms with van der Waals surface area (Å²) >= 11 is 0. The number of benzene rings is 2. The summed E-state index contributed by atoms with van der Waals surface area (Å²) in [7, 11) is 4.96. The number of hydrogen-bond donors (Lipinski definition) is 3. The molecule has 1 saturated carbocycles. The molecule has 0 spiro atoms. The summed E-state index contributed by atoms with van der Waals surface area (Å²) in [6, 6.07) is 10.5. The van der Waals surface area contributed by atoms with Gasteiger partial charge in [-0.25, -0.2) is 4.98 Å². The van der Waals surface area contributed by atoms with Gasteiger partial charge in [0.2, 0.25) is 0 Å². The van der Waals surface area contributed by atoms with E-state index in [-0.39, 0.29) is 0 Å². The number of pyridine rings is 1. The van der Waals surface area contributed by atoms with Gasteiger partial charge in [0.15, 0.2) is 11.5 Å². The second kappa shape index (κ2) is 11.0. The molecule has 0 bridgehead atoms. The fraction of sp³-hybridized carbons (Fsp3) is 0.464. The molecule has 3 aromatic rings. The lowest BCUT2D eigenvalue weighted by atomic mass is 9.86. The first-order valence-corrected chi connectivity index (χ1v) is 12.4. The fourth-order valence-electron chi connectivity index (χ4n) is 5.10. The number of hydrogen-bond acceptors (Lipinski definition) is 7. The minimum atomic E-state index is 0.421. The quantitative estimate of drug-likeness (QED) is 0.388. The van der Waals surface area contributed by atoms with Crippen LogP contribution in [0.15, 0.2) is 30.3 Å². The number of aryl methyl sites for hydroxylation is 1. The molecule has 0 atom stereocenters. The first-order valence-electron chi connectivity index (χ1n) is 12.4. The maximum absolute atomic E-state index is 6.49. The first kappa shape index (κ1) is 24.9. The van der Waals surface area contributed by atoms with Crippen LogP contribution in [0.4, 0.5) is 11.5 Å². The predicted molar refractivity (Wildman–Crippen MR) is 143 cm³/mol. The predicted octanol–water partition coefficient (Wildman–Crippen LogP) is 5.22. The summed E-state index contributed by atoms with van der Waals surface area (Å²) in [6.45, 7) is 5.85. The van der Waals surface area contributed by atoms with Gasteiger partial charge in [0, 0.05) is 40.9 Å². The Morgan fingerprint density at radius 2 is 1.63 bits per heavy atom. The third kappa shape index (κ3) is 5.40. The molecule has 1 aliphatic carbocycles. The number of anilines is 2. The number of fused-ring (bicyclic) bond motifs is 1. The highest BCUT2D eigenvalue weighted by Gasteiger charge is 2.23. The number of rotatable bonds is 9. The summed E-state index contributed by atoms with van der Waals surface area (Å²) in [5.74, 6) is 3.76. The van der Waals surface area contributed by atoms with Crippen LogP contribution < -0.4 is 30.6 Å². The Hall–Kier alpha value is -3.19. The molecule has 2 aromatic carbocycles. The molecular formula is C28H38N4O3. The van der Waals surface area contributed by atoms with Gasteiger partial charge in [-0.15, -0.1) is 0 Å². The number of nitrogens with one attached hydrogen (secondary N) is 2. The highest BCUT2D eigenvalue weighted by molar-refractivity contribution is 5.96. The Morgan fingerprint density at radius 3 is 2.31 bits per heavy atom. The standard InChI is InChI=1S/C28H38N4O3/c1-17-7-6-8-22-26(17)27(29)18(2)28(32-22)31-21-11-9-19(10-12-21)15-30-16-20-13-24(34-4)25(35-5)14-23(20)33-3/h6-8,13-14,19,21,30H,9-12,15-16H2,1-5H3,(H3,29,31,32)/t19-,21+. The van der Waals surface area contributed by atoms with Gasteiger partial charge >= 0.3 is 0 Å². The Kier molecular flexibility index (Phi) is 7.86. The van der Waals surface area contributed by atoms with Crippen molar-refractivity contribution in [2.75, 3.05) is 38.9 Å². The number of nitrogen functional groups attached to an aromatic ring is 1. The van der Waals surface area contributed by atoms with Crippen molar-refractivity contribution in [3.63, 3.8) is 0 Å². The van der Waals surface area contributed by atoms with Gasteiger partial charge in [-0.05, 0) is 69.7 Å². The van der Waals surface area contributed by atoms with E-state index >= 15 is 0 Å². The zero-order valence-corrected chi connectivity index (χ0v) is 21.5. The van der Waals surface area contributed by atoms with Gasteiger partial charge in [-0.2, -0.15) is 0 Å². The smallest absolute Gasteiger partial charge is 0.164 e. The Morgan fingerprint density at radius 1 is 0.943 bits per heavy atom. The van der Waals surface area contributed by atoms with Crippen LogP contribution in [-0.2, 0) is 6.54 Å². The molecule has 0 aliphatic heterocycles. The molecule has 0 unspecified atom stereocenters. The van der Waals surface area contributed by atoms with Crippen LogP contribution in [-0.4, -0.2) is 38.9 Å². The van der Waals surface area contributed by atoms with Gasteiger partial charge in [-0.1, -0.05) is 12.1 Å². The summed E-state index contributed by atoms with van der Waals surface area (Å²) in [4.78, 5) is 4.90. The summed E-state index contributed by atoms with van der Waals surface area (Å²) in [5, 5.41) is 8.37. The largest absolute Gasteiger partial charge is 0.496 e. The summed E-state index contributed by atoms with van der Waals surface area (Å²) < 4.78 is 16.4. The summed E-state index contributed by atoms with van der Waals surface area (Å²) in [6.07, 6.45) is 4.60. The van der Waals surface area contributed by atoms with Gasteiger partial charge in [0.05, 0.1) is 26.8 Å². The van der Waals surface area contributed by atoms with Gasteiger partial charge in [0.25, 0.3) is 0 Å². The Bertz CT molecular complexity index is 1170. The lowest BCUT2D eigenvalue weighted by molar-refractivity contribution is 0.322. The van der Waals surface area contributed by atoms with Crippen LogP contribution in [0.5, 0.6) is 17.2 Å². The van der Waals surface area contributed by atoms with Crippen molar-refractivity contribution in [1.29, 1.82) is 0 Å². The minimum Gasteiger partial charge on any atom is -0.496 e. The number of nitrogens with two attached hydrogens (primary N) is 1. The van der Waals surface area contributed by atoms with Crippen molar-refractivity contribution in [2.24, 2.45) is 5.92 Å². The second-order valence-electron chi connectivity index (χ2n) is 9.48. The molecule has 0 radical (unpaired) electrons. The van der Waals surface area contributed by atoms with E-state index < -0.39 is 0 Å². The van der Waals surface area contributed by atoms with Gasteiger partial charge in [-0.3, -0.25) is 0 Å². The molecule has 35 heavy (non-hydrogen) atoms. The second-order valence-corrected chi connectivity index (χ2v) is 9.48. The fourth-order valence-corrected chi connectivity index (χ4v) is 5.10. The van der Waals surface area contributed by atoms with E-state index in [9.17, 15) is 0 Å². The van der Waals surface area contributed by atoms with E-state index in [0.717, 1.165) is 65.2 Å². The van der Waals surface area contributed by atoms with E-state index in [1.165, 1.54) is 18.4 Å². The molecular weight excluding hydrogens is 440 g/mol. The molecule has 1 aliphatic rings. The average molecular weight is 479 g/mol. The minimum absolute atomic E-state index is 0.421. The lowest BCUT2D eigenvalue weighted by Gasteiger charge is -2.30. The SMILES string of the molecule is COc1cc(OC)c(OC)cc1CNC[C@H]1CC[C@@H](Nc2nc3cccc(C)c3c(N)c2C)CC1. The molecule has 7 nitrogen and oxygen atoms in total. The zero-order chi connectivity index (χ0) is 24.9. The van der Waals surface area contributed by atoms with Crippen molar-refractivity contribution in [1.82, 2.24) is 10.3 Å². The topological polar surface area (TPSA) is 90.7 Å². The van der Waals surface area contributed by atoms with Crippen LogP contribution in [0.25, 0.3) is 10.9 Å². The van der Waals surface area contributed by atoms with Gasteiger partial charge in [0.1, 0.15) is 11.6 Å². The molecule has 4 N–H and O–H groups in total. The molecule has 188 valence electrons. The van der Waals surface area contributed by atoms with Gasteiger partial charge < -0.3 is 30.6 Å². The molecule has 7 heteroatoms. The lowest BCUT2D eigenvalue weighted by Crippen LogP contribution is -2.31. The van der Waals surface area contributed by atoms with E-state index in [1.807, 2.05) is 24.3 Å². The van der Waals surface area contributed by atoms with E-state index in [4.69, 9.17) is 24.9 Å². The van der Waals surface area contributed by atoms with Crippen molar-refractivity contribution in [2.45, 2.75) is 52.1 Å².